The van der Waals surface area contributed by atoms with E-state index in [1.807, 2.05) is 6.92 Å². The van der Waals surface area contributed by atoms with Crippen molar-refractivity contribution in [2.75, 3.05) is 0 Å². The number of ketones is 1. The van der Waals surface area contributed by atoms with Crippen LogP contribution in [0.3, 0.4) is 0 Å². The van der Waals surface area contributed by atoms with Crippen molar-refractivity contribution in [2.45, 2.75) is 33.4 Å². The van der Waals surface area contributed by atoms with Gasteiger partial charge in [0, 0.05) is 18.7 Å². The van der Waals surface area contributed by atoms with Crippen LogP contribution in [-0.2, 0) is 7.05 Å². The number of aromatic nitrogens is 2. The van der Waals surface area contributed by atoms with Gasteiger partial charge in [-0.2, -0.15) is 13.9 Å². The van der Waals surface area contributed by atoms with Gasteiger partial charge >= 0.3 is 6.61 Å². The third-order valence-corrected chi connectivity index (χ3v) is 4.81. The normalized spacial score (nSPS) is 11.8. The molecule has 0 unspecified atom stereocenters. The summed E-state index contributed by atoms with van der Waals surface area (Å²) in [7, 11) is 1.61. The molecule has 1 amide bonds. The van der Waals surface area contributed by atoms with Crippen molar-refractivity contribution in [1.29, 1.82) is 0 Å². The Labute approximate surface area is 184 Å². The number of rotatable bonds is 8. The molecular formula is C23H23F2N3O4. The second-order valence-corrected chi connectivity index (χ2v) is 7.22. The predicted octanol–water partition coefficient (Wildman–Crippen LogP) is 4.82. The van der Waals surface area contributed by atoms with E-state index in [1.54, 1.807) is 44.3 Å². The minimum absolute atomic E-state index is 0.0379. The van der Waals surface area contributed by atoms with Gasteiger partial charge in [-0.05, 0) is 38.5 Å². The van der Waals surface area contributed by atoms with Crippen molar-refractivity contribution in [3.63, 3.8) is 0 Å². The van der Waals surface area contributed by atoms with Gasteiger partial charge in [0.2, 0.25) is 5.88 Å². The average Bonchev–Trinajstić information content (AvgIpc) is 3.00. The molecule has 0 spiro atoms. The molecule has 0 radical (unpaired) electrons. The van der Waals surface area contributed by atoms with Crippen LogP contribution in [0.1, 0.15) is 51.9 Å². The topological polar surface area (TPSA) is 82.5 Å². The van der Waals surface area contributed by atoms with Crippen LogP contribution in [0.5, 0.6) is 17.4 Å². The molecule has 0 aliphatic carbocycles. The largest absolute Gasteiger partial charge is 0.438 e. The van der Waals surface area contributed by atoms with E-state index in [4.69, 9.17) is 4.74 Å². The van der Waals surface area contributed by atoms with E-state index in [-0.39, 0.29) is 34.8 Å². The summed E-state index contributed by atoms with van der Waals surface area (Å²) in [5.74, 6) is -0.135. The number of nitrogens with one attached hydrogen (secondary N) is 1. The third kappa shape index (κ3) is 5.29. The number of hydrogen-bond donors (Lipinski definition) is 1. The zero-order valence-electron chi connectivity index (χ0n) is 18.1. The van der Waals surface area contributed by atoms with E-state index >= 15 is 0 Å². The lowest BCUT2D eigenvalue weighted by Crippen LogP contribution is -2.27. The van der Waals surface area contributed by atoms with Crippen molar-refractivity contribution in [2.24, 2.45) is 7.05 Å². The molecule has 1 heterocycles. The standard InChI is InChI=1S/C23H23F2N3O4/c1-13(16-8-10-17(11-9-16)15(3)29)26-21(30)20-14(2)27-28(4)22(20)31-18-6-5-7-19(12-18)32-23(24)25/h5-13,23H,1-4H3,(H,26,30)/t13-/m0/s1. The first-order chi connectivity index (χ1) is 15.2. The van der Waals surface area contributed by atoms with Gasteiger partial charge in [0.05, 0.1) is 11.7 Å². The molecule has 0 saturated carbocycles. The molecule has 2 aromatic carbocycles. The number of alkyl halides is 2. The quantitative estimate of drug-likeness (QED) is 0.505. The van der Waals surface area contributed by atoms with E-state index in [9.17, 15) is 18.4 Å². The molecule has 1 atom stereocenters. The smallest absolute Gasteiger partial charge is 0.387 e. The minimum atomic E-state index is -2.96. The zero-order valence-corrected chi connectivity index (χ0v) is 18.1. The molecule has 7 nitrogen and oxygen atoms in total. The summed E-state index contributed by atoms with van der Waals surface area (Å²) in [5, 5.41) is 7.15. The van der Waals surface area contributed by atoms with E-state index in [0.29, 0.717) is 11.3 Å². The zero-order chi connectivity index (χ0) is 23.4. The van der Waals surface area contributed by atoms with Crippen molar-refractivity contribution < 1.29 is 27.8 Å². The first kappa shape index (κ1) is 22.9. The first-order valence-corrected chi connectivity index (χ1v) is 9.83. The summed E-state index contributed by atoms with van der Waals surface area (Å²) < 4.78 is 36.6. The Balaban J connectivity index is 1.81. The molecule has 3 rings (SSSR count). The van der Waals surface area contributed by atoms with Gasteiger partial charge in [-0.1, -0.05) is 30.3 Å². The Hall–Kier alpha value is -3.75. The molecule has 0 aliphatic heterocycles. The number of aryl methyl sites for hydroxylation is 2. The number of benzene rings is 2. The molecule has 1 aromatic heterocycles. The fourth-order valence-corrected chi connectivity index (χ4v) is 3.20. The highest BCUT2D eigenvalue weighted by atomic mass is 19.3. The third-order valence-electron chi connectivity index (χ3n) is 4.81. The fourth-order valence-electron chi connectivity index (χ4n) is 3.20. The number of carbonyl (C=O) groups excluding carboxylic acids is 2. The SMILES string of the molecule is CC(=O)c1ccc([C@H](C)NC(=O)c2c(C)nn(C)c2Oc2cccc(OC(F)F)c2)cc1. The minimum Gasteiger partial charge on any atom is -0.438 e. The highest BCUT2D eigenvalue weighted by molar-refractivity contribution is 5.98. The predicted molar refractivity (Wildman–Crippen MR) is 113 cm³/mol. The molecule has 3 aromatic rings. The summed E-state index contributed by atoms with van der Waals surface area (Å²) in [6, 6.07) is 12.4. The van der Waals surface area contributed by atoms with Crippen LogP contribution in [-0.4, -0.2) is 28.1 Å². The molecule has 32 heavy (non-hydrogen) atoms. The Bertz CT molecular complexity index is 1130. The number of nitrogens with zero attached hydrogens (tertiary/aromatic N) is 2. The lowest BCUT2D eigenvalue weighted by atomic mass is 10.0. The summed E-state index contributed by atoms with van der Waals surface area (Å²) in [6.07, 6.45) is 0. The Morgan fingerprint density at radius 1 is 1.09 bits per heavy atom. The lowest BCUT2D eigenvalue weighted by Gasteiger charge is -2.16. The molecular weight excluding hydrogens is 420 g/mol. The lowest BCUT2D eigenvalue weighted by molar-refractivity contribution is -0.0499. The number of Topliss-reactive ketones (excluding diaryl/α,β-unsaturated/α-hetero) is 1. The molecule has 0 saturated heterocycles. The van der Waals surface area contributed by atoms with Crippen LogP contribution in [0, 0.1) is 6.92 Å². The van der Waals surface area contributed by atoms with Gasteiger partial charge < -0.3 is 14.8 Å². The highest BCUT2D eigenvalue weighted by Crippen LogP contribution is 2.30. The second-order valence-electron chi connectivity index (χ2n) is 7.22. The van der Waals surface area contributed by atoms with Crippen LogP contribution in [0.25, 0.3) is 0 Å². The Morgan fingerprint density at radius 3 is 2.38 bits per heavy atom. The molecule has 9 heteroatoms. The Kier molecular flexibility index (Phi) is 6.87. The summed E-state index contributed by atoms with van der Waals surface area (Å²) in [5.41, 5.74) is 2.08. The second kappa shape index (κ2) is 9.59. The number of amides is 1. The Morgan fingerprint density at radius 2 is 1.75 bits per heavy atom. The van der Waals surface area contributed by atoms with Gasteiger partial charge in [-0.15, -0.1) is 0 Å². The first-order valence-electron chi connectivity index (χ1n) is 9.83. The summed E-state index contributed by atoms with van der Waals surface area (Å²) in [4.78, 5) is 24.5. The van der Waals surface area contributed by atoms with E-state index in [0.717, 1.165) is 5.56 Å². The molecule has 168 valence electrons. The highest BCUT2D eigenvalue weighted by Gasteiger charge is 2.24. The van der Waals surface area contributed by atoms with Gasteiger partial charge in [0.15, 0.2) is 5.78 Å². The van der Waals surface area contributed by atoms with Crippen LogP contribution in [0.4, 0.5) is 8.78 Å². The summed E-state index contributed by atoms with van der Waals surface area (Å²) in [6.45, 7) is 2.02. The van der Waals surface area contributed by atoms with Crippen LogP contribution >= 0.6 is 0 Å². The van der Waals surface area contributed by atoms with Gasteiger partial charge in [0.25, 0.3) is 5.91 Å². The number of ether oxygens (including phenoxy) is 2. The number of carbonyl (C=O) groups is 2. The maximum atomic E-state index is 13.0. The van der Waals surface area contributed by atoms with Crippen molar-refractivity contribution >= 4 is 11.7 Å². The van der Waals surface area contributed by atoms with Crippen LogP contribution in [0.2, 0.25) is 0 Å². The van der Waals surface area contributed by atoms with Crippen molar-refractivity contribution in [1.82, 2.24) is 15.1 Å². The van der Waals surface area contributed by atoms with E-state index in [2.05, 4.69) is 15.2 Å². The fraction of sp³-hybridized carbons (Fsp3) is 0.261. The van der Waals surface area contributed by atoms with Crippen molar-refractivity contribution in [3.8, 4) is 17.4 Å². The molecule has 0 bridgehead atoms. The number of hydrogen-bond acceptors (Lipinski definition) is 5. The molecule has 0 aliphatic rings. The van der Waals surface area contributed by atoms with Gasteiger partial charge in [-0.3, -0.25) is 9.59 Å². The monoisotopic (exact) mass is 443 g/mol. The van der Waals surface area contributed by atoms with Gasteiger partial charge in [-0.25, -0.2) is 4.68 Å². The van der Waals surface area contributed by atoms with E-state index in [1.165, 1.54) is 29.8 Å². The van der Waals surface area contributed by atoms with Crippen LogP contribution < -0.4 is 14.8 Å². The maximum Gasteiger partial charge on any atom is 0.387 e. The number of halogens is 2. The maximum absolute atomic E-state index is 13.0. The van der Waals surface area contributed by atoms with E-state index < -0.39 is 12.5 Å². The van der Waals surface area contributed by atoms with Crippen LogP contribution in [0.15, 0.2) is 48.5 Å². The molecule has 0 fully saturated rings. The summed E-state index contributed by atoms with van der Waals surface area (Å²) >= 11 is 0. The van der Waals surface area contributed by atoms with Gasteiger partial charge in [0.1, 0.15) is 17.1 Å². The average molecular weight is 443 g/mol. The van der Waals surface area contributed by atoms with Crippen molar-refractivity contribution in [3.05, 3.63) is 70.9 Å². The molecule has 1 N–H and O–H groups in total.